The number of fused-ring (bicyclic) bond motifs is 1. The highest BCUT2D eigenvalue weighted by atomic mass is 32.2. The molecule has 1 aliphatic carbocycles. The largest absolute Gasteiger partial charge is 0.496 e. The van der Waals surface area contributed by atoms with Gasteiger partial charge >= 0.3 is 0 Å². The first-order valence-electron chi connectivity index (χ1n) is 10.6. The normalized spacial score (nSPS) is 26.4. The fourth-order valence-electron chi connectivity index (χ4n) is 4.35. The molecule has 1 unspecified atom stereocenters. The monoisotopic (exact) mass is 409 g/mol. The van der Waals surface area contributed by atoms with Crippen LogP contribution < -0.4 is 16.4 Å². The number of allylic oxidation sites excluding steroid dienone is 1. The molecule has 1 heterocycles. The molecule has 0 spiro atoms. The molecular weight excluding hydrogens is 370 g/mol. The van der Waals surface area contributed by atoms with Gasteiger partial charge in [0.1, 0.15) is 12.4 Å². The Morgan fingerprint density at radius 2 is 2.32 bits per heavy atom. The highest BCUT2D eigenvalue weighted by Crippen LogP contribution is 2.37. The third-order valence-electron chi connectivity index (χ3n) is 5.89. The Hall–Kier alpha value is -1.02. The molecule has 2 aliphatic rings. The van der Waals surface area contributed by atoms with E-state index in [1.54, 1.807) is 11.8 Å². The second kappa shape index (κ2) is 12.5. The number of hydrogen-bond acceptors (Lipinski definition) is 6. The van der Waals surface area contributed by atoms with Crippen molar-refractivity contribution in [1.82, 2.24) is 15.5 Å². The summed E-state index contributed by atoms with van der Waals surface area (Å²) in [5.74, 6) is 3.67. The molecule has 28 heavy (non-hydrogen) atoms. The maximum Gasteiger partial charge on any atom is 0.110 e. The Morgan fingerprint density at radius 3 is 3.00 bits per heavy atom. The zero-order valence-electron chi connectivity index (χ0n) is 17.9. The van der Waals surface area contributed by atoms with Gasteiger partial charge in [-0.25, -0.2) is 0 Å². The van der Waals surface area contributed by atoms with Crippen molar-refractivity contribution in [3.8, 4) is 0 Å². The fraction of sp³-hybridized carbons (Fsp3) is 0.762. The standard InChI is InChI=1S/C21H39N5OS/c1-5-24-13-21(23-4)25-10-11-26-16(3)18-8-7-9-20(19(18)12-22)27-14-17(26)15-28-6-2/h6,16-18,24H,2,5,7-15,22H2,1,3-4H3,(H,23,25)/t16-,17+,18?/m1/s1. The van der Waals surface area contributed by atoms with Crippen LogP contribution in [-0.4, -0.2) is 75.0 Å². The van der Waals surface area contributed by atoms with Gasteiger partial charge in [0.2, 0.25) is 0 Å². The van der Waals surface area contributed by atoms with E-state index in [1.807, 2.05) is 12.5 Å². The van der Waals surface area contributed by atoms with Crippen LogP contribution in [0.25, 0.3) is 0 Å². The van der Waals surface area contributed by atoms with Crippen LogP contribution in [0.1, 0.15) is 33.1 Å². The van der Waals surface area contributed by atoms with Crippen molar-refractivity contribution in [3.63, 3.8) is 0 Å². The number of nitrogens with two attached hydrogens (primary N) is 1. The quantitative estimate of drug-likeness (QED) is 0.379. The first kappa shape index (κ1) is 23.3. The molecule has 2 rings (SSSR count). The van der Waals surface area contributed by atoms with Crippen LogP contribution in [0.2, 0.25) is 0 Å². The van der Waals surface area contributed by atoms with Crippen LogP contribution in [0.4, 0.5) is 0 Å². The molecule has 4 N–H and O–H groups in total. The zero-order valence-corrected chi connectivity index (χ0v) is 18.7. The molecule has 0 aromatic heterocycles. The Kier molecular flexibility index (Phi) is 10.4. The van der Waals surface area contributed by atoms with Gasteiger partial charge in [-0.1, -0.05) is 13.5 Å². The fourth-order valence-corrected chi connectivity index (χ4v) is 4.99. The van der Waals surface area contributed by atoms with E-state index in [2.05, 4.69) is 41.0 Å². The first-order valence-corrected chi connectivity index (χ1v) is 11.6. The van der Waals surface area contributed by atoms with Crippen LogP contribution in [0, 0.1) is 5.92 Å². The predicted octanol–water partition coefficient (Wildman–Crippen LogP) is 2.19. The van der Waals surface area contributed by atoms with Crippen molar-refractivity contribution in [2.45, 2.75) is 45.2 Å². The van der Waals surface area contributed by atoms with Gasteiger partial charge in [0.25, 0.3) is 0 Å². The SMILES string of the molecule is C=CSC[C@@H]1COC2=C(CN)C(CCC2)[C@@H](C)N1CCNC(CNCC)=NC. The Morgan fingerprint density at radius 1 is 1.50 bits per heavy atom. The number of likely N-dealkylation sites (N-methyl/N-ethyl adjacent to an activating group) is 1. The number of aliphatic imine (C=N–C) groups is 1. The lowest BCUT2D eigenvalue weighted by Crippen LogP contribution is -2.53. The van der Waals surface area contributed by atoms with E-state index < -0.39 is 0 Å². The number of rotatable bonds is 10. The topological polar surface area (TPSA) is 74.9 Å². The summed E-state index contributed by atoms with van der Waals surface area (Å²) < 4.78 is 6.30. The van der Waals surface area contributed by atoms with Crippen LogP contribution in [0.5, 0.6) is 0 Å². The van der Waals surface area contributed by atoms with Gasteiger partial charge in [-0.15, -0.1) is 11.8 Å². The summed E-state index contributed by atoms with van der Waals surface area (Å²) in [7, 11) is 1.84. The van der Waals surface area contributed by atoms with Crippen molar-refractivity contribution >= 4 is 17.6 Å². The summed E-state index contributed by atoms with van der Waals surface area (Å²) in [6.07, 6.45) is 3.44. The highest BCUT2D eigenvalue weighted by molar-refractivity contribution is 8.02. The number of amidine groups is 1. The van der Waals surface area contributed by atoms with E-state index in [0.717, 1.165) is 50.8 Å². The average Bonchev–Trinajstić information content (AvgIpc) is 2.72. The van der Waals surface area contributed by atoms with Crippen LogP contribution >= 0.6 is 11.8 Å². The van der Waals surface area contributed by atoms with Crippen molar-refractivity contribution in [1.29, 1.82) is 0 Å². The summed E-state index contributed by atoms with van der Waals surface area (Å²) in [4.78, 5) is 6.98. The minimum Gasteiger partial charge on any atom is -0.496 e. The van der Waals surface area contributed by atoms with Gasteiger partial charge in [0.15, 0.2) is 0 Å². The smallest absolute Gasteiger partial charge is 0.110 e. The summed E-state index contributed by atoms with van der Waals surface area (Å²) in [5.41, 5.74) is 7.47. The predicted molar refractivity (Wildman–Crippen MR) is 122 cm³/mol. The summed E-state index contributed by atoms with van der Waals surface area (Å²) >= 11 is 1.77. The lowest BCUT2D eigenvalue weighted by Gasteiger charge is -2.45. The van der Waals surface area contributed by atoms with E-state index in [-0.39, 0.29) is 0 Å². The molecule has 0 amide bonds. The molecule has 160 valence electrons. The maximum absolute atomic E-state index is 6.30. The van der Waals surface area contributed by atoms with E-state index >= 15 is 0 Å². The van der Waals surface area contributed by atoms with E-state index in [0.29, 0.717) is 24.5 Å². The first-order chi connectivity index (χ1) is 13.7. The minimum absolute atomic E-state index is 0.366. The number of nitrogens with one attached hydrogen (secondary N) is 2. The van der Waals surface area contributed by atoms with Gasteiger partial charge < -0.3 is 21.1 Å². The third kappa shape index (κ3) is 6.24. The van der Waals surface area contributed by atoms with Crippen molar-refractivity contribution in [3.05, 3.63) is 23.3 Å². The van der Waals surface area contributed by atoms with Gasteiger partial charge in [-0.2, -0.15) is 0 Å². The van der Waals surface area contributed by atoms with E-state index in [1.165, 1.54) is 24.2 Å². The molecule has 0 aromatic carbocycles. The van der Waals surface area contributed by atoms with Crippen LogP contribution in [0.3, 0.4) is 0 Å². The van der Waals surface area contributed by atoms with E-state index in [4.69, 9.17) is 10.5 Å². The van der Waals surface area contributed by atoms with Gasteiger partial charge in [-0.3, -0.25) is 9.89 Å². The zero-order chi connectivity index (χ0) is 20.4. The van der Waals surface area contributed by atoms with Crippen molar-refractivity contribution < 1.29 is 4.74 Å². The molecule has 0 saturated heterocycles. The lowest BCUT2D eigenvalue weighted by atomic mass is 9.80. The second-order valence-electron chi connectivity index (χ2n) is 7.47. The van der Waals surface area contributed by atoms with E-state index in [9.17, 15) is 0 Å². The number of hydrogen-bond donors (Lipinski definition) is 3. The molecule has 2 bridgehead atoms. The number of nitrogens with zero attached hydrogens (tertiary/aromatic N) is 2. The van der Waals surface area contributed by atoms with Crippen molar-refractivity contribution in [2.24, 2.45) is 16.6 Å². The van der Waals surface area contributed by atoms with Gasteiger partial charge in [0.05, 0.1) is 18.3 Å². The third-order valence-corrected chi connectivity index (χ3v) is 6.70. The minimum atomic E-state index is 0.366. The number of thioether (sulfide) groups is 1. The maximum atomic E-state index is 6.30. The Labute approximate surface area is 175 Å². The Bertz CT molecular complexity index is 551. The number of ether oxygens (including phenoxy) is 1. The second-order valence-corrected chi connectivity index (χ2v) is 8.47. The summed E-state index contributed by atoms with van der Waals surface area (Å²) in [5, 5.41) is 8.77. The van der Waals surface area contributed by atoms with Crippen molar-refractivity contribution in [2.75, 3.05) is 52.1 Å². The van der Waals surface area contributed by atoms with Gasteiger partial charge in [0, 0.05) is 44.9 Å². The van der Waals surface area contributed by atoms with Crippen LogP contribution in [-0.2, 0) is 4.74 Å². The molecule has 7 heteroatoms. The van der Waals surface area contributed by atoms with Crippen LogP contribution in [0.15, 0.2) is 28.3 Å². The molecule has 1 aliphatic heterocycles. The molecule has 0 aromatic rings. The average molecular weight is 410 g/mol. The lowest BCUT2D eigenvalue weighted by molar-refractivity contribution is 0.0372. The van der Waals surface area contributed by atoms with Gasteiger partial charge in [-0.05, 0) is 43.2 Å². The molecule has 0 fully saturated rings. The molecule has 6 nitrogen and oxygen atoms in total. The summed E-state index contributed by atoms with van der Waals surface area (Å²) in [6.45, 7) is 13.3. The highest BCUT2D eigenvalue weighted by Gasteiger charge is 2.36. The summed E-state index contributed by atoms with van der Waals surface area (Å²) in [6, 6.07) is 0.816. The molecular formula is C21H39N5OS. The molecule has 3 atom stereocenters. The molecule has 0 radical (unpaired) electrons. The Balaban J connectivity index is 2.10. The molecule has 0 saturated carbocycles.